The number of phenols is 1. The molecule has 7 heteroatoms. The van der Waals surface area contributed by atoms with Gasteiger partial charge in [-0.25, -0.2) is 0 Å². The van der Waals surface area contributed by atoms with Crippen LogP contribution in [0.3, 0.4) is 0 Å². The Kier molecular flexibility index (Phi) is 6.33. The van der Waals surface area contributed by atoms with Crippen LogP contribution in [0.15, 0.2) is 30.3 Å². The van der Waals surface area contributed by atoms with Crippen molar-refractivity contribution >= 4 is 18.2 Å². The van der Waals surface area contributed by atoms with E-state index in [1.54, 1.807) is 24.3 Å². The molecular weight excluding hydrogens is 380 g/mol. The number of aryl methyl sites for hydroxylation is 2. The van der Waals surface area contributed by atoms with E-state index in [9.17, 15) is 15.0 Å². The Morgan fingerprint density at radius 3 is 2.71 bits per heavy atom. The highest BCUT2D eigenvalue weighted by atomic mass is 35.5. The van der Waals surface area contributed by atoms with Gasteiger partial charge < -0.3 is 25.3 Å². The van der Waals surface area contributed by atoms with Gasteiger partial charge in [0, 0.05) is 35.5 Å². The third-order valence-electron chi connectivity index (χ3n) is 5.72. The normalized spacial score (nSPS) is 26.6. The average molecular weight is 407 g/mol. The van der Waals surface area contributed by atoms with Gasteiger partial charge in [-0.15, -0.1) is 12.4 Å². The van der Waals surface area contributed by atoms with Gasteiger partial charge in [0.05, 0.1) is 0 Å². The minimum atomic E-state index is -0.623. The first-order valence-electron chi connectivity index (χ1n) is 9.61. The molecule has 0 spiro atoms. The molecule has 4 atom stereocenters. The average Bonchev–Trinajstić information content (AvgIpc) is 3.20. The fourth-order valence-corrected chi connectivity index (χ4v) is 4.22. The van der Waals surface area contributed by atoms with Crippen LogP contribution in [0.5, 0.6) is 11.5 Å². The Balaban J connectivity index is 0.00000225. The molecule has 4 unspecified atom stereocenters. The van der Waals surface area contributed by atoms with Crippen molar-refractivity contribution in [3.63, 3.8) is 0 Å². The SMILES string of the molecule is Cc1cc2c([nH]1)CCC(CNC1CCC(Oc3ccc(O)cc3)C1O)C2=O.Cl. The summed E-state index contributed by atoms with van der Waals surface area (Å²) in [5.74, 6) is 0.969. The predicted molar refractivity (Wildman–Crippen MR) is 108 cm³/mol. The summed E-state index contributed by atoms with van der Waals surface area (Å²) in [6.07, 6.45) is 2.37. The lowest BCUT2D eigenvalue weighted by Gasteiger charge is -2.25. The van der Waals surface area contributed by atoms with Gasteiger partial charge in [0.25, 0.3) is 0 Å². The smallest absolute Gasteiger partial charge is 0.169 e. The zero-order valence-corrected chi connectivity index (χ0v) is 16.7. The number of carbonyl (C=O) groups excluding carboxylic acids is 1. The number of carbonyl (C=O) groups is 1. The fraction of sp³-hybridized carbons (Fsp3) is 0.476. The number of aromatic amines is 1. The van der Waals surface area contributed by atoms with Crippen LogP contribution < -0.4 is 10.1 Å². The molecular formula is C21H27ClN2O4. The zero-order chi connectivity index (χ0) is 19.0. The second kappa shape index (κ2) is 8.55. The highest BCUT2D eigenvalue weighted by Crippen LogP contribution is 2.28. The molecule has 1 saturated carbocycles. The van der Waals surface area contributed by atoms with Gasteiger partial charge in [-0.05, 0) is 62.9 Å². The Bertz CT molecular complexity index is 820. The number of hydrogen-bond acceptors (Lipinski definition) is 5. The molecule has 0 bridgehead atoms. The molecule has 1 aromatic carbocycles. The number of rotatable bonds is 5. The Morgan fingerprint density at radius 1 is 1.21 bits per heavy atom. The van der Waals surface area contributed by atoms with E-state index in [-0.39, 0.29) is 42.0 Å². The number of aliphatic hydroxyl groups is 1. The minimum Gasteiger partial charge on any atom is -0.508 e. The van der Waals surface area contributed by atoms with Crippen molar-refractivity contribution < 1.29 is 19.7 Å². The molecule has 1 heterocycles. The van der Waals surface area contributed by atoms with Crippen molar-refractivity contribution in [2.45, 2.75) is 50.9 Å². The second-order valence-corrected chi connectivity index (χ2v) is 7.68. The number of ether oxygens (including phenoxy) is 1. The monoisotopic (exact) mass is 406 g/mol. The summed E-state index contributed by atoms with van der Waals surface area (Å²) < 4.78 is 5.86. The number of aromatic hydroxyl groups is 1. The van der Waals surface area contributed by atoms with E-state index < -0.39 is 6.10 Å². The van der Waals surface area contributed by atoms with Crippen LogP contribution >= 0.6 is 12.4 Å². The summed E-state index contributed by atoms with van der Waals surface area (Å²) in [6.45, 7) is 2.55. The van der Waals surface area contributed by atoms with Crippen LogP contribution in [0.2, 0.25) is 0 Å². The number of ketones is 1. The first-order chi connectivity index (χ1) is 13.0. The molecule has 0 radical (unpaired) electrons. The molecule has 2 aliphatic rings. The number of fused-ring (bicyclic) bond motifs is 1. The van der Waals surface area contributed by atoms with E-state index in [1.807, 2.05) is 13.0 Å². The topological polar surface area (TPSA) is 94.6 Å². The molecule has 1 fully saturated rings. The zero-order valence-electron chi connectivity index (χ0n) is 15.9. The quantitative estimate of drug-likeness (QED) is 0.612. The van der Waals surface area contributed by atoms with E-state index >= 15 is 0 Å². The van der Waals surface area contributed by atoms with Crippen LogP contribution in [0, 0.1) is 12.8 Å². The lowest BCUT2D eigenvalue weighted by Crippen LogP contribution is -2.44. The van der Waals surface area contributed by atoms with Gasteiger partial charge in [0.15, 0.2) is 5.78 Å². The molecule has 0 saturated heterocycles. The van der Waals surface area contributed by atoms with Gasteiger partial charge in [0.2, 0.25) is 0 Å². The lowest BCUT2D eigenvalue weighted by molar-refractivity contribution is 0.0441. The number of H-pyrrole nitrogens is 1. The summed E-state index contributed by atoms with van der Waals surface area (Å²) in [4.78, 5) is 16.0. The van der Waals surface area contributed by atoms with Crippen LogP contribution in [0.4, 0.5) is 0 Å². The highest BCUT2D eigenvalue weighted by molar-refractivity contribution is 6.00. The molecule has 28 heavy (non-hydrogen) atoms. The maximum absolute atomic E-state index is 12.7. The summed E-state index contributed by atoms with van der Waals surface area (Å²) in [6, 6.07) is 8.39. The van der Waals surface area contributed by atoms with Crippen LogP contribution in [-0.4, -0.2) is 45.8 Å². The van der Waals surface area contributed by atoms with Crippen molar-refractivity contribution in [3.05, 3.63) is 47.3 Å². The molecule has 1 aromatic heterocycles. The van der Waals surface area contributed by atoms with Crippen LogP contribution in [0.1, 0.15) is 41.0 Å². The van der Waals surface area contributed by atoms with E-state index in [2.05, 4.69) is 10.3 Å². The maximum Gasteiger partial charge on any atom is 0.169 e. The van der Waals surface area contributed by atoms with E-state index in [0.29, 0.717) is 12.3 Å². The van der Waals surface area contributed by atoms with E-state index in [4.69, 9.17) is 4.74 Å². The number of nitrogens with one attached hydrogen (secondary N) is 2. The lowest BCUT2D eigenvalue weighted by atomic mass is 9.86. The number of aromatic nitrogens is 1. The number of phenolic OH excluding ortho intramolecular Hbond substituents is 1. The van der Waals surface area contributed by atoms with Crippen LogP contribution in [-0.2, 0) is 6.42 Å². The number of halogens is 1. The Morgan fingerprint density at radius 2 is 1.96 bits per heavy atom. The van der Waals surface area contributed by atoms with Crippen molar-refractivity contribution in [2.75, 3.05) is 6.54 Å². The standard InChI is InChI=1S/C21H26N2O4.ClH/c1-12-10-16-17(23-12)7-2-13(20(16)25)11-22-18-8-9-19(21(18)26)27-15-5-3-14(24)4-6-15;/h3-6,10,13,18-19,21-24,26H,2,7-9,11H2,1H3;1H. The van der Waals surface area contributed by atoms with Crippen molar-refractivity contribution in [1.29, 1.82) is 0 Å². The van der Waals surface area contributed by atoms with Gasteiger partial charge >= 0.3 is 0 Å². The summed E-state index contributed by atoms with van der Waals surface area (Å²) in [5.41, 5.74) is 2.91. The third kappa shape index (κ3) is 4.19. The molecule has 2 aliphatic carbocycles. The van der Waals surface area contributed by atoms with Crippen molar-refractivity contribution in [1.82, 2.24) is 10.3 Å². The van der Waals surface area contributed by atoms with E-state index in [1.165, 1.54) is 0 Å². The molecule has 0 aliphatic heterocycles. The Labute approximate surface area is 170 Å². The van der Waals surface area contributed by atoms with E-state index in [0.717, 1.165) is 42.6 Å². The van der Waals surface area contributed by atoms with Gasteiger partial charge in [-0.3, -0.25) is 4.79 Å². The largest absolute Gasteiger partial charge is 0.508 e. The summed E-state index contributed by atoms with van der Waals surface area (Å²) in [5, 5.41) is 23.3. The highest BCUT2D eigenvalue weighted by Gasteiger charge is 2.37. The molecule has 6 nitrogen and oxygen atoms in total. The minimum absolute atomic E-state index is 0. The number of hydrogen-bond donors (Lipinski definition) is 4. The third-order valence-corrected chi connectivity index (χ3v) is 5.72. The Hall–Kier alpha value is -2.02. The first kappa shape index (κ1) is 20.7. The molecule has 4 N–H and O–H groups in total. The number of benzene rings is 1. The first-order valence-corrected chi connectivity index (χ1v) is 9.61. The van der Waals surface area contributed by atoms with Gasteiger partial charge in [-0.1, -0.05) is 0 Å². The van der Waals surface area contributed by atoms with Gasteiger partial charge in [-0.2, -0.15) is 0 Å². The fourth-order valence-electron chi connectivity index (χ4n) is 4.22. The summed E-state index contributed by atoms with van der Waals surface area (Å²) >= 11 is 0. The predicted octanol–water partition coefficient (Wildman–Crippen LogP) is 2.76. The van der Waals surface area contributed by atoms with Crippen molar-refractivity contribution in [3.8, 4) is 11.5 Å². The molecule has 2 aromatic rings. The molecule has 0 amide bonds. The maximum atomic E-state index is 12.7. The van der Waals surface area contributed by atoms with Gasteiger partial charge in [0.1, 0.15) is 23.7 Å². The van der Waals surface area contributed by atoms with Crippen molar-refractivity contribution in [2.24, 2.45) is 5.92 Å². The number of Topliss-reactive ketones (excluding diaryl/α,β-unsaturated/α-hetero) is 1. The van der Waals surface area contributed by atoms with Crippen LogP contribution in [0.25, 0.3) is 0 Å². The summed E-state index contributed by atoms with van der Waals surface area (Å²) in [7, 11) is 0. The molecule has 4 rings (SSSR count). The number of aliphatic hydroxyl groups excluding tert-OH is 1. The molecule has 152 valence electrons. The second-order valence-electron chi connectivity index (χ2n) is 7.68.